The highest BCUT2D eigenvalue weighted by molar-refractivity contribution is 5.48. The second kappa shape index (κ2) is 5.34. The third kappa shape index (κ3) is 2.75. The van der Waals surface area contributed by atoms with Gasteiger partial charge in [-0.3, -0.25) is 0 Å². The lowest BCUT2D eigenvalue weighted by molar-refractivity contribution is 0.415. The Hall–Kier alpha value is -2.04. The number of hydrogen-bond acceptors (Lipinski definition) is 4. The summed E-state index contributed by atoms with van der Waals surface area (Å²) in [6.45, 7) is 3.53. The van der Waals surface area contributed by atoms with E-state index in [1.165, 1.54) is 0 Å². The Morgan fingerprint density at radius 3 is 3.06 bits per heavy atom. The van der Waals surface area contributed by atoms with Gasteiger partial charge in [-0.2, -0.15) is 5.10 Å². The number of nitrogens with zero attached hydrogens (tertiary/aromatic N) is 3. The molecule has 2 aromatic rings. The molecule has 0 bridgehead atoms. The lowest BCUT2D eigenvalue weighted by Gasteiger charge is -2.08. The summed E-state index contributed by atoms with van der Waals surface area (Å²) in [6.07, 6.45) is 1.58. The van der Waals surface area contributed by atoms with Crippen molar-refractivity contribution >= 4 is 5.69 Å². The van der Waals surface area contributed by atoms with Crippen molar-refractivity contribution in [1.29, 1.82) is 0 Å². The topological polar surface area (TPSA) is 52.0 Å². The van der Waals surface area contributed by atoms with Gasteiger partial charge in [0.1, 0.15) is 17.9 Å². The molecule has 5 heteroatoms. The minimum Gasteiger partial charge on any atom is -0.497 e. The third-order valence-electron chi connectivity index (χ3n) is 2.52. The molecule has 1 aromatic carbocycles. The van der Waals surface area contributed by atoms with Crippen molar-refractivity contribution in [3.8, 4) is 5.75 Å². The summed E-state index contributed by atoms with van der Waals surface area (Å²) >= 11 is 0. The minimum atomic E-state index is 0.654. The number of ether oxygens (including phenoxy) is 1. The van der Waals surface area contributed by atoms with Gasteiger partial charge in [0.05, 0.1) is 13.7 Å². The molecule has 0 saturated carbocycles. The van der Waals surface area contributed by atoms with Gasteiger partial charge in [-0.25, -0.2) is 9.67 Å². The molecule has 1 heterocycles. The molecular formula is C12H16N4O. The molecule has 0 atom stereocenters. The first kappa shape index (κ1) is 11.4. The number of benzene rings is 1. The predicted molar refractivity (Wildman–Crippen MR) is 66.0 cm³/mol. The summed E-state index contributed by atoms with van der Waals surface area (Å²) in [5.74, 6) is 1.77. The quantitative estimate of drug-likeness (QED) is 0.855. The summed E-state index contributed by atoms with van der Waals surface area (Å²) in [6, 6.07) is 7.81. The smallest absolute Gasteiger partial charge is 0.146 e. The van der Waals surface area contributed by atoms with Gasteiger partial charge in [-0.15, -0.1) is 0 Å². The molecule has 0 radical (unpaired) electrons. The van der Waals surface area contributed by atoms with Crippen LogP contribution in [0.4, 0.5) is 5.69 Å². The number of aromatic nitrogens is 3. The van der Waals surface area contributed by atoms with Crippen LogP contribution >= 0.6 is 0 Å². The molecule has 2 rings (SSSR count). The van der Waals surface area contributed by atoms with E-state index < -0.39 is 0 Å². The van der Waals surface area contributed by atoms with Crippen molar-refractivity contribution in [2.24, 2.45) is 0 Å². The second-order valence-electron chi connectivity index (χ2n) is 3.58. The van der Waals surface area contributed by atoms with Gasteiger partial charge in [-0.1, -0.05) is 6.07 Å². The van der Waals surface area contributed by atoms with Gasteiger partial charge in [0, 0.05) is 18.3 Å². The zero-order chi connectivity index (χ0) is 12.1. The summed E-state index contributed by atoms with van der Waals surface area (Å²) in [7, 11) is 1.66. The van der Waals surface area contributed by atoms with E-state index in [0.717, 1.165) is 23.8 Å². The van der Waals surface area contributed by atoms with Gasteiger partial charge < -0.3 is 10.1 Å². The maximum Gasteiger partial charge on any atom is 0.146 e. The van der Waals surface area contributed by atoms with Crippen molar-refractivity contribution in [2.45, 2.75) is 20.0 Å². The molecule has 0 amide bonds. The summed E-state index contributed by atoms with van der Waals surface area (Å²) in [5.41, 5.74) is 1.01. The molecule has 5 nitrogen and oxygen atoms in total. The lowest BCUT2D eigenvalue weighted by atomic mass is 10.3. The van der Waals surface area contributed by atoms with Crippen LogP contribution < -0.4 is 10.1 Å². The molecule has 17 heavy (non-hydrogen) atoms. The number of hydrogen-bond donors (Lipinski definition) is 1. The van der Waals surface area contributed by atoms with Gasteiger partial charge in [0.2, 0.25) is 0 Å². The van der Waals surface area contributed by atoms with Gasteiger partial charge in [0.25, 0.3) is 0 Å². The van der Waals surface area contributed by atoms with Crippen LogP contribution in [0.15, 0.2) is 30.6 Å². The van der Waals surface area contributed by atoms with Crippen molar-refractivity contribution in [2.75, 3.05) is 12.4 Å². The normalized spacial score (nSPS) is 10.2. The third-order valence-corrected chi connectivity index (χ3v) is 2.52. The fourth-order valence-corrected chi connectivity index (χ4v) is 1.60. The molecule has 0 spiro atoms. The van der Waals surface area contributed by atoms with E-state index in [0.29, 0.717) is 6.54 Å². The van der Waals surface area contributed by atoms with Crippen LogP contribution in [0.1, 0.15) is 12.7 Å². The predicted octanol–water partition coefficient (Wildman–Crippen LogP) is 1.92. The van der Waals surface area contributed by atoms with E-state index in [2.05, 4.69) is 15.4 Å². The van der Waals surface area contributed by atoms with Crippen LogP contribution in [0, 0.1) is 0 Å². The number of aryl methyl sites for hydroxylation is 1. The Morgan fingerprint density at radius 1 is 1.41 bits per heavy atom. The van der Waals surface area contributed by atoms with Crippen molar-refractivity contribution in [3.05, 3.63) is 36.4 Å². The van der Waals surface area contributed by atoms with E-state index in [9.17, 15) is 0 Å². The van der Waals surface area contributed by atoms with Crippen molar-refractivity contribution in [1.82, 2.24) is 14.8 Å². The summed E-state index contributed by atoms with van der Waals surface area (Å²) < 4.78 is 7.03. The van der Waals surface area contributed by atoms with E-state index >= 15 is 0 Å². The molecular weight excluding hydrogens is 216 g/mol. The van der Waals surface area contributed by atoms with Crippen LogP contribution in [-0.2, 0) is 13.1 Å². The molecule has 1 N–H and O–H groups in total. The van der Waals surface area contributed by atoms with E-state index in [1.807, 2.05) is 35.9 Å². The minimum absolute atomic E-state index is 0.654. The highest BCUT2D eigenvalue weighted by Gasteiger charge is 2.02. The Labute approximate surface area is 100 Å². The molecule has 0 aliphatic heterocycles. The first-order chi connectivity index (χ1) is 8.33. The Kier molecular flexibility index (Phi) is 3.59. The number of rotatable bonds is 5. The number of nitrogens with one attached hydrogen (secondary N) is 1. The van der Waals surface area contributed by atoms with Crippen LogP contribution in [0.2, 0.25) is 0 Å². The Balaban J connectivity index is 2.02. The molecule has 0 unspecified atom stereocenters. The Bertz CT molecular complexity index is 481. The first-order valence-corrected chi connectivity index (χ1v) is 5.58. The Morgan fingerprint density at radius 2 is 2.29 bits per heavy atom. The van der Waals surface area contributed by atoms with E-state index in [-0.39, 0.29) is 0 Å². The summed E-state index contributed by atoms with van der Waals surface area (Å²) in [5, 5.41) is 7.41. The van der Waals surface area contributed by atoms with Crippen LogP contribution in [0.5, 0.6) is 5.75 Å². The van der Waals surface area contributed by atoms with Crippen LogP contribution in [0.25, 0.3) is 0 Å². The zero-order valence-corrected chi connectivity index (χ0v) is 10.1. The first-order valence-electron chi connectivity index (χ1n) is 5.58. The fourth-order valence-electron chi connectivity index (χ4n) is 1.60. The van der Waals surface area contributed by atoms with Crippen LogP contribution in [-0.4, -0.2) is 21.9 Å². The number of anilines is 1. The maximum atomic E-state index is 5.16. The molecule has 0 aliphatic carbocycles. The zero-order valence-electron chi connectivity index (χ0n) is 10.1. The highest BCUT2D eigenvalue weighted by Crippen LogP contribution is 2.17. The largest absolute Gasteiger partial charge is 0.497 e. The van der Waals surface area contributed by atoms with Gasteiger partial charge >= 0.3 is 0 Å². The molecule has 0 aliphatic rings. The maximum absolute atomic E-state index is 5.16. The molecule has 0 saturated heterocycles. The van der Waals surface area contributed by atoms with Gasteiger partial charge in [0.15, 0.2) is 0 Å². The highest BCUT2D eigenvalue weighted by atomic mass is 16.5. The van der Waals surface area contributed by atoms with Crippen molar-refractivity contribution in [3.63, 3.8) is 0 Å². The monoisotopic (exact) mass is 232 g/mol. The summed E-state index contributed by atoms with van der Waals surface area (Å²) in [4.78, 5) is 4.20. The second-order valence-corrected chi connectivity index (χ2v) is 3.58. The molecule has 0 fully saturated rings. The van der Waals surface area contributed by atoms with Gasteiger partial charge in [-0.05, 0) is 19.1 Å². The fraction of sp³-hybridized carbons (Fsp3) is 0.333. The standard InChI is InChI=1S/C12H16N4O/c1-3-16-12(14-9-15-16)8-13-10-5-4-6-11(7-10)17-2/h4-7,9,13H,3,8H2,1-2H3. The average Bonchev–Trinajstić information content (AvgIpc) is 2.84. The molecule has 90 valence electrons. The van der Waals surface area contributed by atoms with E-state index in [4.69, 9.17) is 4.74 Å². The van der Waals surface area contributed by atoms with Crippen molar-refractivity contribution < 1.29 is 4.74 Å². The van der Waals surface area contributed by atoms with E-state index in [1.54, 1.807) is 13.4 Å². The number of methoxy groups -OCH3 is 1. The SMILES string of the molecule is CCn1ncnc1CNc1cccc(OC)c1. The lowest BCUT2D eigenvalue weighted by Crippen LogP contribution is -2.09. The van der Waals surface area contributed by atoms with Crippen LogP contribution in [0.3, 0.4) is 0 Å². The average molecular weight is 232 g/mol. The molecule has 1 aromatic heterocycles.